The molecule has 0 aromatic rings. The summed E-state index contributed by atoms with van der Waals surface area (Å²) in [5.74, 6) is 0. The summed E-state index contributed by atoms with van der Waals surface area (Å²) in [5, 5.41) is 8.25. The number of rotatable bonds is 3. The Morgan fingerprint density at radius 3 is 2.30 bits per heavy atom. The Hall–Kier alpha value is -0.770. The van der Waals surface area contributed by atoms with E-state index in [2.05, 4.69) is 26.8 Å². The van der Waals surface area contributed by atoms with Crippen LogP contribution in [0.5, 0.6) is 0 Å². The van der Waals surface area contributed by atoms with Gasteiger partial charge in [0.2, 0.25) is 0 Å². The molecular weight excluding hydrogens is 122 g/mol. The summed E-state index contributed by atoms with van der Waals surface area (Å²) >= 11 is 0. The van der Waals surface area contributed by atoms with Crippen LogP contribution in [0.25, 0.3) is 0 Å². The molecule has 0 aliphatic rings. The van der Waals surface area contributed by atoms with Crippen molar-refractivity contribution in [3.63, 3.8) is 0 Å². The molecule has 0 bridgehead atoms. The molecule has 0 aliphatic carbocycles. The molecule has 0 N–H and O–H groups in total. The van der Waals surface area contributed by atoms with Gasteiger partial charge < -0.3 is 0 Å². The Morgan fingerprint density at radius 1 is 1.30 bits per heavy atom. The van der Waals surface area contributed by atoms with Crippen LogP contribution in [-0.4, -0.2) is 0 Å². The first-order valence-corrected chi connectivity index (χ1v) is 3.68. The van der Waals surface area contributed by atoms with Crippen LogP contribution in [0, 0.1) is 11.3 Å². The lowest BCUT2D eigenvalue weighted by Crippen LogP contribution is -1.80. The minimum Gasteiger partial charge on any atom is -0.198 e. The van der Waals surface area contributed by atoms with Gasteiger partial charge in [0.1, 0.15) is 0 Å². The van der Waals surface area contributed by atoms with E-state index < -0.39 is 0 Å². The van der Waals surface area contributed by atoms with Gasteiger partial charge in [-0.25, -0.2) is 0 Å². The highest BCUT2D eigenvalue weighted by Gasteiger charge is 1.91. The maximum absolute atomic E-state index is 8.25. The lowest BCUT2D eigenvalue weighted by Gasteiger charge is -1.99. The maximum Gasteiger partial charge on any atom is 0.0621 e. The lowest BCUT2D eigenvalue weighted by atomic mass is 10.1. The third-order valence-corrected chi connectivity index (χ3v) is 1.69. The molecule has 0 radical (unpaired) electrons. The molecule has 0 aliphatic heterocycles. The van der Waals surface area contributed by atoms with Gasteiger partial charge in [-0.2, -0.15) is 5.26 Å². The second-order valence-electron chi connectivity index (χ2n) is 2.79. The monoisotopic (exact) mass is 137 g/mol. The lowest BCUT2D eigenvalue weighted by molar-refractivity contribution is 0.830. The Kier molecular flexibility index (Phi) is 4.66. The van der Waals surface area contributed by atoms with Crippen molar-refractivity contribution in [1.82, 2.24) is 0 Å². The van der Waals surface area contributed by atoms with Crippen LogP contribution in [0.1, 0.15) is 40.0 Å². The van der Waals surface area contributed by atoms with Gasteiger partial charge in [-0.1, -0.05) is 11.1 Å². The molecule has 1 nitrogen and oxygen atoms in total. The summed E-state index contributed by atoms with van der Waals surface area (Å²) in [6.45, 7) is 6.36. The normalized spacial score (nSPS) is 8.60. The maximum atomic E-state index is 8.25. The van der Waals surface area contributed by atoms with Crippen LogP contribution in [0.3, 0.4) is 0 Å². The zero-order chi connectivity index (χ0) is 7.98. The molecule has 0 saturated carbocycles. The first-order valence-electron chi connectivity index (χ1n) is 3.68. The molecule has 10 heavy (non-hydrogen) atoms. The molecule has 1 heteroatoms. The van der Waals surface area contributed by atoms with Crippen LogP contribution in [0.15, 0.2) is 11.1 Å². The highest BCUT2D eigenvalue weighted by Crippen LogP contribution is 2.10. The minimum atomic E-state index is 0.685. The van der Waals surface area contributed by atoms with Gasteiger partial charge in [-0.15, -0.1) is 0 Å². The van der Waals surface area contributed by atoms with Crippen molar-refractivity contribution in [2.75, 3.05) is 0 Å². The first-order chi connectivity index (χ1) is 4.68. The SMILES string of the molecule is CC(C)=C(C)CCCC#N. The molecule has 0 spiro atoms. The van der Waals surface area contributed by atoms with Gasteiger partial charge in [0, 0.05) is 6.42 Å². The number of hydrogen-bond donors (Lipinski definition) is 0. The van der Waals surface area contributed by atoms with Gasteiger partial charge >= 0.3 is 0 Å². The Labute approximate surface area is 63.4 Å². The van der Waals surface area contributed by atoms with E-state index in [0.717, 1.165) is 12.8 Å². The zero-order valence-corrected chi connectivity index (χ0v) is 7.07. The second kappa shape index (κ2) is 5.05. The van der Waals surface area contributed by atoms with Crippen molar-refractivity contribution in [2.45, 2.75) is 40.0 Å². The average molecular weight is 137 g/mol. The number of allylic oxidation sites excluding steroid dienone is 2. The first kappa shape index (κ1) is 9.23. The van der Waals surface area contributed by atoms with Crippen molar-refractivity contribution in [3.8, 4) is 6.07 Å². The highest BCUT2D eigenvalue weighted by atomic mass is 14.2. The van der Waals surface area contributed by atoms with E-state index in [0.29, 0.717) is 6.42 Å². The Bertz CT molecular complexity index is 156. The Balaban J connectivity index is 3.52. The summed E-state index contributed by atoms with van der Waals surface area (Å²) in [6.07, 6.45) is 2.77. The standard InChI is InChI=1S/C9H15N/c1-8(2)9(3)6-4-5-7-10/h4-6H2,1-3H3. The van der Waals surface area contributed by atoms with Crippen LogP contribution in [0.4, 0.5) is 0 Å². The van der Waals surface area contributed by atoms with Gasteiger partial charge in [0.25, 0.3) is 0 Å². The quantitative estimate of drug-likeness (QED) is 0.433. The summed E-state index contributed by atoms with van der Waals surface area (Å²) in [4.78, 5) is 0. The predicted molar refractivity (Wildman–Crippen MR) is 43.5 cm³/mol. The molecule has 0 heterocycles. The van der Waals surface area contributed by atoms with E-state index in [-0.39, 0.29) is 0 Å². The third-order valence-electron chi connectivity index (χ3n) is 1.69. The fraction of sp³-hybridized carbons (Fsp3) is 0.667. The molecule has 0 atom stereocenters. The fourth-order valence-electron chi connectivity index (χ4n) is 0.683. The molecule has 0 fully saturated rings. The number of nitrogens with zero attached hydrogens (tertiary/aromatic N) is 1. The van der Waals surface area contributed by atoms with Gasteiger partial charge in [-0.3, -0.25) is 0 Å². The van der Waals surface area contributed by atoms with Crippen LogP contribution in [-0.2, 0) is 0 Å². The molecule has 0 aromatic carbocycles. The van der Waals surface area contributed by atoms with Crippen molar-refractivity contribution in [1.29, 1.82) is 5.26 Å². The number of unbranched alkanes of at least 4 members (excludes halogenated alkanes) is 1. The summed E-state index contributed by atoms with van der Waals surface area (Å²) in [7, 11) is 0. The highest BCUT2D eigenvalue weighted by molar-refractivity contribution is 5.06. The predicted octanol–water partition coefficient (Wildman–Crippen LogP) is 3.04. The van der Waals surface area contributed by atoms with Gasteiger partial charge in [0.05, 0.1) is 6.07 Å². The minimum absolute atomic E-state index is 0.685. The van der Waals surface area contributed by atoms with E-state index in [1.165, 1.54) is 11.1 Å². The molecule has 0 amide bonds. The molecule has 0 rings (SSSR count). The van der Waals surface area contributed by atoms with Crippen molar-refractivity contribution in [3.05, 3.63) is 11.1 Å². The summed E-state index contributed by atoms with van der Waals surface area (Å²) in [6, 6.07) is 2.14. The van der Waals surface area contributed by atoms with Crippen LogP contribution >= 0.6 is 0 Å². The molecular formula is C9H15N. The molecule has 0 aromatic heterocycles. The van der Waals surface area contributed by atoms with Gasteiger partial charge in [0.15, 0.2) is 0 Å². The van der Waals surface area contributed by atoms with Crippen molar-refractivity contribution >= 4 is 0 Å². The van der Waals surface area contributed by atoms with Crippen LogP contribution < -0.4 is 0 Å². The zero-order valence-electron chi connectivity index (χ0n) is 7.07. The summed E-state index contributed by atoms with van der Waals surface area (Å²) < 4.78 is 0. The largest absolute Gasteiger partial charge is 0.198 e. The second-order valence-corrected chi connectivity index (χ2v) is 2.79. The van der Waals surface area contributed by atoms with E-state index in [1.54, 1.807) is 0 Å². The molecule has 56 valence electrons. The topological polar surface area (TPSA) is 23.8 Å². The summed E-state index contributed by atoms with van der Waals surface area (Å²) in [5.41, 5.74) is 2.81. The van der Waals surface area contributed by atoms with Gasteiger partial charge in [-0.05, 0) is 33.6 Å². The Morgan fingerprint density at radius 2 is 1.90 bits per heavy atom. The molecule has 0 unspecified atom stereocenters. The van der Waals surface area contributed by atoms with E-state index in [4.69, 9.17) is 5.26 Å². The van der Waals surface area contributed by atoms with E-state index in [9.17, 15) is 0 Å². The van der Waals surface area contributed by atoms with E-state index in [1.807, 2.05) is 0 Å². The average Bonchev–Trinajstić information content (AvgIpc) is 1.88. The molecule has 0 saturated heterocycles. The number of hydrogen-bond acceptors (Lipinski definition) is 1. The smallest absolute Gasteiger partial charge is 0.0621 e. The number of nitriles is 1. The fourth-order valence-corrected chi connectivity index (χ4v) is 0.683. The van der Waals surface area contributed by atoms with Crippen molar-refractivity contribution < 1.29 is 0 Å². The van der Waals surface area contributed by atoms with Crippen molar-refractivity contribution in [2.24, 2.45) is 0 Å². The third kappa shape index (κ3) is 4.14. The van der Waals surface area contributed by atoms with E-state index >= 15 is 0 Å². The van der Waals surface area contributed by atoms with Crippen LogP contribution in [0.2, 0.25) is 0 Å².